The molecule has 0 bridgehead atoms. The lowest BCUT2D eigenvalue weighted by Crippen LogP contribution is -2.23. The molecular formula is C24H25N3O4. The molecule has 0 fully saturated rings. The number of hydrogen-bond donors (Lipinski definition) is 2. The highest BCUT2D eigenvalue weighted by molar-refractivity contribution is 5.97. The third-order valence-electron chi connectivity index (χ3n) is 4.67. The highest BCUT2D eigenvalue weighted by atomic mass is 16.5. The van der Waals surface area contributed by atoms with E-state index in [1.807, 2.05) is 36.4 Å². The maximum Gasteiger partial charge on any atom is 0.251 e. The van der Waals surface area contributed by atoms with Gasteiger partial charge in [-0.25, -0.2) is 0 Å². The van der Waals surface area contributed by atoms with Crippen molar-refractivity contribution in [2.75, 3.05) is 19.5 Å². The molecule has 1 aromatic heterocycles. The van der Waals surface area contributed by atoms with Crippen LogP contribution in [0.1, 0.15) is 28.0 Å². The molecule has 7 nitrogen and oxygen atoms in total. The molecule has 0 saturated heterocycles. The fraction of sp³-hybridized carbons (Fsp3) is 0.208. The van der Waals surface area contributed by atoms with Gasteiger partial charge in [-0.3, -0.25) is 14.6 Å². The molecule has 7 heteroatoms. The van der Waals surface area contributed by atoms with Crippen LogP contribution in [0.15, 0.2) is 66.9 Å². The first-order chi connectivity index (χ1) is 15.1. The average molecular weight is 419 g/mol. The van der Waals surface area contributed by atoms with Gasteiger partial charge in [-0.2, -0.15) is 0 Å². The van der Waals surface area contributed by atoms with Gasteiger partial charge in [0.15, 0.2) is 0 Å². The molecule has 0 aliphatic rings. The van der Waals surface area contributed by atoms with Crippen LogP contribution in [-0.4, -0.2) is 31.0 Å². The van der Waals surface area contributed by atoms with E-state index >= 15 is 0 Å². The SMILES string of the molecule is COc1ccc(OC)c(CCC(=O)Nc2cccc(C(=O)NCc3ccccn3)c2)c1. The Bertz CT molecular complexity index is 1040. The summed E-state index contributed by atoms with van der Waals surface area (Å²) in [6, 6.07) is 17.9. The highest BCUT2D eigenvalue weighted by Crippen LogP contribution is 2.25. The Morgan fingerprint density at radius 2 is 1.84 bits per heavy atom. The van der Waals surface area contributed by atoms with Crippen LogP contribution in [0.25, 0.3) is 0 Å². The van der Waals surface area contributed by atoms with Gasteiger partial charge in [-0.15, -0.1) is 0 Å². The molecule has 0 aliphatic carbocycles. The van der Waals surface area contributed by atoms with Gasteiger partial charge in [-0.1, -0.05) is 12.1 Å². The number of hydrogen-bond acceptors (Lipinski definition) is 5. The maximum absolute atomic E-state index is 12.4. The number of nitrogens with zero attached hydrogens (tertiary/aromatic N) is 1. The van der Waals surface area contributed by atoms with E-state index in [2.05, 4.69) is 15.6 Å². The summed E-state index contributed by atoms with van der Waals surface area (Å²) in [6.45, 7) is 0.332. The molecule has 3 aromatic rings. The van der Waals surface area contributed by atoms with Crippen LogP contribution in [0.5, 0.6) is 11.5 Å². The van der Waals surface area contributed by atoms with Crippen LogP contribution >= 0.6 is 0 Å². The van der Waals surface area contributed by atoms with Crippen molar-refractivity contribution in [3.8, 4) is 11.5 Å². The first kappa shape index (κ1) is 21.8. The number of rotatable bonds is 9. The van der Waals surface area contributed by atoms with Gasteiger partial charge >= 0.3 is 0 Å². The molecule has 0 unspecified atom stereocenters. The van der Waals surface area contributed by atoms with Gasteiger partial charge < -0.3 is 20.1 Å². The number of aryl methyl sites for hydroxylation is 1. The number of nitrogens with one attached hydrogen (secondary N) is 2. The van der Waals surface area contributed by atoms with Crippen molar-refractivity contribution in [2.45, 2.75) is 19.4 Å². The summed E-state index contributed by atoms with van der Waals surface area (Å²) in [6.07, 6.45) is 2.44. The summed E-state index contributed by atoms with van der Waals surface area (Å²) >= 11 is 0. The topological polar surface area (TPSA) is 89.5 Å². The minimum absolute atomic E-state index is 0.157. The van der Waals surface area contributed by atoms with Crippen LogP contribution in [-0.2, 0) is 17.8 Å². The van der Waals surface area contributed by atoms with E-state index in [-0.39, 0.29) is 18.2 Å². The number of methoxy groups -OCH3 is 2. The number of amides is 2. The summed E-state index contributed by atoms with van der Waals surface area (Å²) in [5, 5.41) is 5.67. The van der Waals surface area contributed by atoms with E-state index in [1.165, 1.54) is 0 Å². The van der Waals surface area contributed by atoms with E-state index in [4.69, 9.17) is 9.47 Å². The van der Waals surface area contributed by atoms with Crippen molar-refractivity contribution in [3.63, 3.8) is 0 Å². The van der Waals surface area contributed by atoms with E-state index in [0.29, 0.717) is 35.7 Å². The minimum atomic E-state index is -0.233. The van der Waals surface area contributed by atoms with Crippen LogP contribution in [0, 0.1) is 0 Å². The molecule has 0 aliphatic heterocycles. The second-order valence-electron chi connectivity index (χ2n) is 6.81. The molecule has 0 saturated carbocycles. The average Bonchev–Trinajstić information content (AvgIpc) is 2.81. The van der Waals surface area contributed by atoms with E-state index in [0.717, 1.165) is 11.3 Å². The number of anilines is 1. The molecule has 0 atom stereocenters. The Balaban J connectivity index is 1.56. The third kappa shape index (κ3) is 6.30. The number of carbonyl (C=O) groups is 2. The first-order valence-corrected chi connectivity index (χ1v) is 9.88. The van der Waals surface area contributed by atoms with Crippen molar-refractivity contribution in [2.24, 2.45) is 0 Å². The zero-order valence-corrected chi connectivity index (χ0v) is 17.6. The second kappa shape index (κ2) is 10.8. The highest BCUT2D eigenvalue weighted by Gasteiger charge is 2.11. The number of pyridine rings is 1. The Labute approximate surface area is 181 Å². The number of benzene rings is 2. The Hall–Kier alpha value is -3.87. The molecule has 2 N–H and O–H groups in total. The van der Waals surface area contributed by atoms with Gasteiger partial charge in [0.2, 0.25) is 5.91 Å². The lowest BCUT2D eigenvalue weighted by atomic mass is 10.1. The summed E-state index contributed by atoms with van der Waals surface area (Å²) in [4.78, 5) is 29.0. The van der Waals surface area contributed by atoms with Gasteiger partial charge in [0, 0.05) is 23.9 Å². The largest absolute Gasteiger partial charge is 0.497 e. The fourth-order valence-electron chi connectivity index (χ4n) is 3.06. The normalized spacial score (nSPS) is 10.3. The number of aromatic nitrogens is 1. The molecule has 0 spiro atoms. The lowest BCUT2D eigenvalue weighted by molar-refractivity contribution is -0.116. The zero-order valence-electron chi connectivity index (χ0n) is 17.6. The van der Waals surface area contributed by atoms with Crippen molar-refractivity contribution >= 4 is 17.5 Å². The molecule has 2 aromatic carbocycles. The molecule has 1 heterocycles. The first-order valence-electron chi connectivity index (χ1n) is 9.88. The molecule has 0 radical (unpaired) electrons. The molecule has 160 valence electrons. The smallest absolute Gasteiger partial charge is 0.251 e. The predicted octanol–water partition coefficient (Wildman–Crippen LogP) is 3.60. The standard InChI is InChI=1S/C24H25N3O4/c1-30-21-10-11-22(31-2)17(15-21)9-12-23(28)27-19-8-5-6-18(14-19)24(29)26-16-20-7-3-4-13-25-20/h3-8,10-11,13-15H,9,12,16H2,1-2H3,(H,26,29)(H,27,28). The Kier molecular flexibility index (Phi) is 7.59. The van der Waals surface area contributed by atoms with Gasteiger partial charge in [0.1, 0.15) is 11.5 Å². The van der Waals surface area contributed by atoms with Crippen LogP contribution in [0.3, 0.4) is 0 Å². The zero-order chi connectivity index (χ0) is 22.1. The van der Waals surface area contributed by atoms with Crippen LogP contribution in [0.2, 0.25) is 0 Å². The van der Waals surface area contributed by atoms with E-state index < -0.39 is 0 Å². The summed E-state index contributed by atoms with van der Waals surface area (Å²) < 4.78 is 10.6. The number of carbonyl (C=O) groups excluding carboxylic acids is 2. The van der Waals surface area contributed by atoms with Crippen molar-refractivity contribution in [1.29, 1.82) is 0 Å². The monoisotopic (exact) mass is 419 g/mol. The van der Waals surface area contributed by atoms with Crippen LogP contribution in [0.4, 0.5) is 5.69 Å². The third-order valence-corrected chi connectivity index (χ3v) is 4.67. The summed E-state index contributed by atoms with van der Waals surface area (Å²) in [5.41, 5.74) is 2.68. The molecule has 31 heavy (non-hydrogen) atoms. The van der Waals surface area contributed by atoms with Gasteiger partial charge in [0.25, 0.3) is 5.91 Å². The molecule has 3 rings (SSSR count). The minimum Gasteiger partial charge on any atom is -0.497 e. The maximum atomic E-state index is 12.4. The quantitative estimate of drug-likeness (QED) is 0.553. The van der Waals surface area contributed by atoms with Crippen LogP contribution < -0.4 is 20.1 Å². The molecule has 2 amide bonds. The van der Waals surface area contributed by atoms with Crippen molar-refractivity contribution < 1.29 is 19.1 Å². The van der Waals surface area contributed by atoms with Crippen molar-refractivity contribution in [3.05, 3.63) is 83.7 Å². The van der Waals surface area contributed by atoms with Gasteiger partial charge in [0.05, 0.1) is 26.5 Å². The van der Waals surface area contributed by atoms with E-state index in [1.54, 1.807) is 44.7 Å². The Morgan fingerprint density at radius 1 is 0.968 bits per heavy atom. The molecular weight excluding hydrogens is 394 g/mol. The van der Waals surface area contributed by atoms with Crippen molar-refractivity contribution in [1.82, 2.24) is 10.3 Å². The second-order valence-corrected chi connectivity index (χ2v) is 6.81. The number of ether oxygens (including phenoxy) is 2. The summed E-state index contributed by atoms with van der Waals surface area (Å²) in [5.74, 6) is 1.03. The lowest BCUT2D eigenvalue weighted by Gasteiger charge is -2.11. The fourth-order valence-corrected chi connectivity index (χ4v) is 3.06. The Morgan fingerprint density at radius 3 is 2.58 bits per heavy atom. The van der Waals surface area contributed by atoms with E-state index in [9.17, 15) is 9.59 Å². The van der Waals surface area contributed by atoms with Gasteiger partial charge in [-0.05, 0) is 60.5 Å². The predicted molar refractivity (Wildman–Crippen MR) is 118 cm³/mol. The summed E-state index contributed by atoms with van der Waals surface area (Å²) in [7, 11) is 3.19.